The average molecular weight is 430 g/mol. The van der Waals surface area contributed by atoms with Crippen LogP contribution in [0.5, 0.6) is 0 Å². The van der Waals surface area contributed by atoms with Gasteiger partial charge in [0.1, 0.15) is 17.5 Å². The summed E-state index contributed by atoms with van der Waals surface area (Å²) in [5.41, 5.74) is 2.98. The third-order valence-corrected chi connectivity index (χ3v) is 5.77. The van der Waals surface area contributed by atoms with Gasteiger partial charge in [0.2, 0.25) is 0 Å². The van der Waals surface area contributed by atoms with Crippen LogP contribution in [0.1, 0.15) is 21.7 Å². The standard InChI is InChI=1S/C24H23FN6O/c1-16-7-9-18(10-8-16)31-23-20(15-26-31)22(27-17(2)28-23)29-11-13-30(14-12-29)24(32)19-5-3-4-6-21(19)25/h3-10,15H,11-14H2,1-2H3. The van der Waals surface area contributed by atoms with Crippen molar-refractivity contribution >= 4 is 22.8 Å². The summed E-state index contributed by atoms with van der Waals surface area (Å²) in [7, 11) is 0. The number of carbonyl (C=O) groups is 1. The Kier molecular flexibility index (Phi) is 5.05. The van der Waals surface area contributed by atoms with E-state index < -0.39 is 5.82 Å². The largest absolute Gasteiger partial charge is 0.352 e. The van der Waals surface area contributed by atoms with E-state index >= 15 is 0 Å². The molecule has 7 nitrogen and oxygen atoms in total. The molecule has 8 heteroatoms. The number of rotatable bonds is 3. The molecule has 1 fully saturated rings. The molecule has 1 aliphatic rings. The van der Waals surface area contributed by atoms with Crippen molar-refractivity contribution < 1.29 is 9.18 Å². The summed E-state index contributed by atoms with van der Waals surface area (Å²) in [5, 5.41) is 5.43. The number of amides is 1. The molecule has 5 rings (SSSR count). The van der Waals surface area contributed by atoms with Crippen LogP contribution in [0.15, 0.2) is 54.7 Å². The third-order valence-electron chi connectivity index (χ3n) is 5.77. The first-order valence-electron chi connectivity index (χ1n) is 10.6. The van der Waals surface area contributed by atoms with E-state index in [1.54, 1.807) is 23.2 Å². The fourth-order valence-electron chi connectivity index (χ4n) is 4.04. The second-order valence-electron chi connectivity index (χ2n) is 7.98. The summed E-state index contributed by atoms with van der Waals surface area (Å²) in [6.45, 7) is 6.09. The van der Waals surface area contributed by atoms with Gasteiger partial charge in [-0.2, -0.15) is 5.10 Å². The number of aromatic nitrogens is 4. The summed E-state index contributed by atoms with van der Waals surface area (Å²) in [6.07, 6.45) is 1.79. The van der Waals surface area contributed by atoms with Crippen LogP contribution in [0, 0.1) is 19.7 Å². The lowest BCUT2D eigenvalue weighted by atomic mass is 10.1. The number of fused-ring (bicyclic) bond motifs is 1. The maximum absolute atomic E-state index is 14.0. The minimum Gasteiger partial charge on any atom is -0.352 e. The van der Waals surface area contributed by atoms with E-state index in [-0.39, 0.29) is 11.5 Å². The highest BCUT2D eigenvalue weighted by molar-refractivity contribution is 5.95. The fraction of sp³-hybridized carbons (Fsp3) is 0.250. The fourth-order valence-corrected chi connectivity index (χ4v) is 4.04. The highest BCUT2D eigenvalue weighted by Crippen LogP contribution is 2.27. The zero-order valence-electron chi connectivity index (χ0n) is 18.0. The molecule has 1 saturated heterocycles. The van der Waals surface area contributed by atoms with Crippen LogP contribution in [0.2, 0.25) is 0 Å². The summed E-state index contributed by atoms with van der Waals surface area (Å²) in [6, 6.07) is 14.2. The molecule has 3 heterocycles. The number of aryl methyl sites for hydroxylation is 2. The van der Waals surface area contributed by atoms with Crippen molar-refractivity contribution in [3.63, 3.8) is 0 Å². The number of anilines is 1. The summed E-state index contributed by atoms with van der Waals surface area (Å²) in [5.74, 6) is 0.700. The second-order valence-corrected chi connectivity index (χ2v) is 7.98. The molecule has 2 aromatic carbocycles. The Hall–Kier alpha value is -3.81. The van der Waals surface area contributed by atoms with Crippen LogP contribution in [0.3, 0.4) is 0 Å². The summed E-state index contributed by atoms with van der Waals surface area (Å²) >= 11 is 0. The first-order valence-corrected chi connectivity index (χ1v) is 10.6. The molecule has 0 radical (unpaired) electrons. The van der Waals surface area contributed by atoms with Crippen LogP contribution in [-0.2, 0) is 0 Å². The monoisotopic (exact) mass is 430 g/mol. The van der Waals surface area contributed by atoms with Gasteiger partial charge in [-0.25, -0.2) is 19.0 Å². The molecule has 2 aromatic heterocycles. The number of piperazine rings is 1. The minimum atomic E-state index is -0.489. The predicted octanol–water partition coefficient (Wildman–Crippen LogP) is 3.53. The molecule has 162 valence electrons. The summed E-state index contributed by atoms with van der Waals surface area (Å²) in [4.78, 5) is 25.9. The van der Waals surface area contributed by atoms with E-state index in [2.05, 4.69) is 20.0 Å². The highest BCUT2D eigenvalue weighted by Gasteiger charge is 2.26. The van der Waals surface area contributed by atoms with Gasteiger partial charge in [0, 0.05) is 26.2 Å². The average Bonchev–Trinajstić information content (AvgIpc) is 3.23. The number of carbonyl (C=O) groups excluding carboxylic acids is 1. The molecule has 4 aromatic rings. The molecule has 1 aliphatic heterocycles. The van der Waals surface area contributed by atoms with Crippen molar-refractivity contribution in [2.45, 2.75) is 13.8 Å². The Balaban J connectivity index is 1.41. The maximum atomic E-state index is 14.0. The molecule has 0 spiro atoms. The predicted molar refractivity (Wildman–Crippen MR) is 121 cm³/mol. The van der Waals surface area contributed by atoms with Crippen molar-refractivity contribution in [1.82, 2.24) is 24.6 Å². The van der Waals surface area contributed by atoms with E-state index in [4.69, 9.17) is 0 Å². The first kappa shape index (κ1) is 20.1. The van der Waals surface area contributed by atoms with Crippen molar-refractivity contribution in [2.75, 3.05) is 31.1 Å². The van der Waals surface area contributed by atoms with Crippen molar-refractivity contribution in [3.05, 3.63) is 77.5 Å². The summed E-state index contributed by atoms with van der Waals surface area (Å²) < 4.78 is 15.9. The third kappa shape index (κ3) is 3.57. The Morgan fingerprint density at radius 2 is 1.66 bits per heavy atom. The van der Waals surface area contributed by atoms with Gasteiger partial charge in [0.25, 0.3) is 5.91 Å². The van der Waals surface area contributed by atoms with Crippen molar-refractivity contribution in [3.8, 4) is 5.69 Å². The zero-order valence-corrected chi connectivity index (χ0v) is 18.0. The topological polar surface area (TPSA) is 67.2 Å². The van der Waals surface area contributed by atoms with E-state index in [0.717, 1.165) is 22.5 Å². The molecule has 0 aliphatic carbocycles. The van der Waals surface area contributed by atoms with Crippen molar-refractivity contribution in [1.29, 1.82) is 0 Å². The number of nitrogens with zero attached hydrogens (tertiary/aromatic N) is 6. The van der Waals surface area contributed by atoms with Crippen LogP contribution in [0.4, 0.5) is 10.2 Å². The van der Waals surface area contributed by atoms with E-state index in [1.165, 1.54) is 17.7 Å². The Bertz CT molecular complexity index is 1290. The Morgan fingerprint density at radius 1 is 0.938 bits per heavy atom. The van der Waals surface area contributed by atoms with Crippen LogP contribution < -0.4 is 4.90 Å². The molecule has 32 heavy (non-hydrogen) atoms. The normalized spacial score (nSPS) is 14.2. The second kappa shape index (κ2) is 8.03. The maximum Gasteiger partial charge on any atom is 0.256 e. The number of halogens is 1. The molecule has 1 amide bonds. The molecule has 0 N–H and O–H groups in total. The quantitative estimate of drug-likeness (QED) is 0.497. The van der Waals surface area contributed by atoms with Gasteiger partial charge in [-0.15, -0.1) is 0 Å². The molecule has 0 unspecified atom stereocenters. The Morgan fingerprint density at radius 3 is 2.38 bits per heavy atom. The van der Waals surface area contributed by atoms with Crippen LogP contribution >= 0.6 is 0 Å². The van der Waals surface area contributed by atoms with E-state index in [1.807, 2.05) is 42.8 Å². The molecule has 0 atom stereocenters. The van der Waals surface area contributed by atoms with Crippen LogP contribution in [0.25, 0.3) is 16.7 Å². The molecule has 0 bridgehead atoms. The van der Waals surface area contributed by atoms with Crippen LogP contribution in [-0.4, -0.2) is 56.7 Å². The van der Waals surface area contributed by atoms with Gasteiger partial charge in [0.15, 0.2) is 5.65 Å². The SMILES string of the molecule is Cc1ccc(-n2ncc3c(N4CCN(C(=O)c5ccccc5F)CC4)nc(C)nc32)cc1. The van der Waals surface area contributed by atoms with Gasteiger partial charge >= 0.3 is 0 Å². The molecular formula is C24H23FN6O. The number of hydrogen-bond donors (Lipinski definition) is 0. The smallest absolute Gasteiger partial charge is 0.256 e. The highest BCUT2D eigenvalue weighted by atomic mass is 19.1. The van der Waals surface area contributed by atoms with Gasteiger partial charge in [-0.1, -0.05) is 29.8 Å². The van der Waals surface area contributed by atoms with E-state index in [9.17, 15) is 9.18 Å². The van der Waals surface area contributed by atoms with Gasteiger partial charge in [0.05, 0.1) is 22.8 Å². The minimum absolute atomic E-state index is 0.112. The first-order chi connectivity index (χ1) is 15.5. The number of hydrogen-bond acceptors (Lipinski definition) is 5. The van der Waals surface area contributed by atoms with Gasteiger partial charge in [-0.3, -0.25) is 4.79 Å². The zero-order chi connectivity index (χ0) is 22.2. The van der Waals surface area contributed by atoms with Gasteiger partial charge in [-0.05, 0) is 38.1 Å². The lowest BCUT2D eigenvalue weighted by Gasteiger charge is -2.35. The van der Waals surface area contributed by atoms with Crippen molar-refractivity contribution in [2.24, 2.45) is 0 Å². The molecular weight excluding hydrogens is 407 g/mol. The van der Waals surface area contributed by atoms with E-state index in [0.29, 0.717) is 32.0 Å². The van der Waals surface area contributed by atoms with Gasteiger partial charge < -0.3 is 9.80 Å². The lowest BCUT2D eigenvalue weighted by Crippen LogP contribution is -2.49. The number of benzene rings is 2. The lowest BCUT2D eigenvalue weighted by molar-refractivity contribution is 0.0742. The Labute approximate surface area is 185 Å². The molecule has 0 saturated carbocycles.